The highest BCUT2D eigenvalue weighted by atomic mass is 16.5. The van der Waals surface area contributed by atoms with Crippen LogP contribution in [0.2, 0.25) is 0 Å². The molecule has 1 aromatic carbocycles. The first kappa shape index (κ1) is 19.5. The van der Waals surface area contributed by atoms with Gasteiger partial charge < -0.3 is 15.0 Å². The lowest BCUT2D eigenvalue weighted by atomic mass is 10.0. The molecule has 0 radical (unpaired) electrons. The molecule has 7 nitrogen and oxygen atoms in total. The number of ether oxygens (including phenoxy) is 1. The van der Waals surface area contributed by atoms with Crippen molar-refractivity contribution < 1.29 is 14.3 Å². The van der Waals surface area contributed by atoms with E-state index >= 15 is 0 Å². The molecular formula is C19H26N4O3. The predicted octanol–water partition coefficient (Wildman–Crippen LogP) is 2.80. The first-order chi connectivity index (χ1) is 12.3. The minimum absolute atomic E-state index is 0.148. The summed E-state index contributed by atoms with van der Waals surface area (Å²) < 4.78 is 6.44. The fourth-order valence-corrected chi connectivity index (χ4v) is 2.54. The van der Waals surface area contributed by atoms with Crippen LogP contribution in [0.25, 0.3) is 0 Å². The van der Waals surface area contributed by atoms with Crippen LogP contribution < -0.4 is 10.2 Å². The molecule has 0 aliphatic heterocycles. The monoisotopic (exact) mass is 358 g/mol. The smallest absolute Gasteiger partial charge is 0.343 e. The summed E-state index contributed by atoms with van der Waals surface area (Å²) in [5.74, 6) is 0.00187. The number of aryl methyl sites for hydroxylation is 1. The fraction of sp³-hybridized carbons (Fsp3) is 0.421. The van der Waals surface area contributed by atoms with Gasteiger partial charge in [-0.1, -0.05) is 26.0 Å². The number of benzene rings is 1. The van der Waals surface area contributed by atoms with Gasteiger partial charge in [0.1, 0.15) is 11.4 Å². The van der Waals surface area contributed by atoms with Crippen molar-refractivity contribution in [2.75, 3.05) is 30.4 Å². The van der Waals surface area contributed by atoms with Gasteiger partial charge in [0, 0.05) is 19.8 Å². The van der Waals surface area contributed by atoms with Crippen LogP contribution in [0.3, 0.4) is 0 Å². The minimum atomic E-state index is -0.506. The maximum atomic E-state index is 12.5. The van der Waals surface area contributed by atoms with Crippen molar-refractivity contribution in [1.82, 2.24) is 9.78 Å². The summed E-state index contributed by atoms with van der Waals surface area (Å²) in [4.78, 5) is 26.3. The molecular weight excluding hydrogens is 332 g/mol. The molecule has 0 bridgehead atoms. The molecule has 0 saturated carbocycles. The zero-order valence-corrected chi connectivity index (χ0v) is 15.9. The summed E-state index contributed by atoms with van der Waals surface area (Å²) in [5.41, 5.74) is 2.42. The van der Waals surface area contributed by atoms with E-state index in [4.69, 9.17) is 4.74 Å². The van der Waals surface area contributed by atoms with Gasteiger partial charge in [0.2, 0.25) is 5.91 Å². The number of hydrogen-bond acceptors (Lipinski definition) is 5. The van der Waals surface area contributed by atoms with Crippen LogP contribution in [0.15, 0.2) is 30.5 Å². The molecule has 1 heterocycles. The van der Waals surface area contributed by atoms with E-state index in [-0.39, 0.29) is 24.6 Å². The van der Waals surface area contributed by atoms with Crippen LogP contribution >= 0.6 is 0 Å². The van der Waals surface area contributed by atoms with Crippen LogP contribution in [-0.2, 0) is 16.6 Å². The molecule has 140 valence electrons. The minimum Gasteiger partial charge on any atom is -0.462 e. The number of anilines is 2. The van der Waals surface area contributed by atoms with Crippen molar-refractivity contribution >= 4 is 23.4 Å². The van der Waals surface area contributed by atoms with Crippen molar-refractivity contribution in [2.45, 2.75) is 26.7 Å². The number of hydrogen-bond donors (Lipinski definition) is 1. The van der Waals surface area contributed by atoms with Crippen molar-refractivity contribution in [3.63, 3.8) is 0 Å². The molecule has 0 fully saturated rings. The third kappa shape index (κ3) is 4.62. The van der Waals surface area contributed by atoms with Crippen LogP contribution in [0, 0.1) is 0 Å². The van der Waals surface area contributed by atoms with Gasteiger partial charge in [-0.3, -0.25) is 9.48 Å². The van der Waals surface area contributed by atoms with Gasteiger partial charge in [-0.25, -0.2) is 4.79 Å². The van der Waals surface area contributed by atoms with E-state index < -0.39 is 5.97 Å². The second-order valence-corrected chi connectivity index (χ2v) is 6.40. The summed E-state index contributed by atoms with van der Waals surface area (Å²) in [6, 6.07) is 8.10. The number of esters is 1. The van der Waals surface area contributed by atoms with Crippen molar-refractivity contribution in [3.05, 3.63) is 41.6 Å². The summed E-state index contributed by atoms with van der Waals surface area (Å²) in [6.45, 7) is 6.40. The third-order valence-corrected chi connectivity index (χ3v) is 4.05. The SMILES string of the molecule is CCOC(=O)c1cnn(C)c1NC(=O)CN(C)c1cccc(C(C)C)c1. The highest BCUT2D eigenvalue weighted by Crippen LogP contribution is 2.21. The molecule has 1 aromatic heterocycles. The molecule has 0 aliphatic rings. The molecule has 0 aliphatic carbocycles. The van der Waals surface area contributed by atoms with Crippen LogP contribution in [0.4, 0.5) is 11.5 Å². The highest BCUT2D eigenvalue weighted by Gasteiger charge is 2.19. The average molecular weight is 358 g/mol. The first-order valence-electron chi connectivity index (χ1n) is 8.63. The molecule has 2 aromatic rings. The van der Waals surface area contributed by atoms with Crippen LogP contribution in [-0.4, -0.2) is 41.9 Å². The number of likely N-dealkylation sites (N-methyl/N-ethyl adjacent to an activating group) is 1. The van der Waals surface area contributed by atoms with Gasteiger partial charge in [0.05, 0.1) is 19.3 Å². The summed E-state index contributed by atoms with van der Waals surface area (Å²) in [5, 5.41) is 6.78. The largest absolute Gasteiger partial charge is 0.462 e. The lowest BCUT2D eigenvalue weighted by molar-refractivity contribution is -0.115. The number of amides is 1. The van der Waals surface area contributed by atoms with E-state index in [0.717, 1.165) is 5.69 Å². The van der Waals surface area contributed by atoms with Gasteiger partial charge in [0.25, 0.3) is 0 Å². The Morgan fingerprint density at radius 1 is 1.35 bits per heavy atom. The lowest BCUT2D eigenvalue weighted by Gasteiger charge is -2.20. The maximum absolute atomic E-state index is 12.5. The molecule has 7 heteroatoms. The number of carbonyl (C=O) groups is 2. The lowest BCUT2D eigenvalue weighted by Crippen LogP contribution is -2.31. The number of carbonyl (C=O) groups excluding carboxylic acids is 2. The van der Waals surface area contributed by atoms with E-state index in [1.54, 1.807) is 14.0 Å². The fourth-order valence-electron chi connectivity index (χ4n) is 2.54. The van der Waals surface area contributed by atoms with Gasteiger partial charge >= 0.3 is 5.97 Å². The molecule has 0 atom stereocenters. The Balaban J connectivity index is 2.08. The zero-order valence-electron chi connectivity index (χ0n) is 15.9. The Kier molecular flexibility index (Phi) is 6.38. The molecule has 0 spiro atoms. The summed E-state index contributed by atoms with van der Waals surface area (Å²) >= 11 is 0. The second kappa shape index (κ2) is 8.51. The average Bonchev–Trinajstić information content (AvgIpc) is 2.95. The summed E-state index contributed by atoms with van der Waals surface area (Å²) in [7, 11) is 3.52. The maximum Gasteiger partial charge on any atom is 0.343 e. The third-order valence-electron chi connectivity index (χ3n) is 4.05. The first-order valence-corrected chi connectivity index (χ1v) is 8.63. The predicted molar refractivity (Wildman–Crippen MR) is 102 cm³/mol. The van der Waals surface area contributed by atoms with Crippen molar-refractivity contribution in [3.8, 4) is 0 Å². The molecule has 1 amide bonds. The Hall–Kier alpha value is -2.83. The van der Waals surface area contributed by atoms with Crippen LogP contribution in [0.1, 0.15) is 42.6 Å². The zero-order chi connectivity index (χ0) is 19.3. The van der Waals surface area contributed by atoms with Crippen molar-refractivity contribution in [1.29, 1.82) is 0 Å². The Morgan fingerprint density at radius 2 is 2.08 bits per heavy atom. The molecule has 0 unspecified atom stereocenters. The highest BCUT2D eigenvalue weighted by molar-refractivity contribution is 6.01. The van der Waals surface area contributed by atoms with E-state index in [9.17, 15) is 9.59 Å². The molecule has 2 rings (SSSR count). The van der Waals surface area contributed by atoms with Gasteiger partial charge in [0.15, 0.2) is 0 Å². The summed E-state index contributed by atoms with van der Waals surface area (Å²) in [6.07, 6.45) is 1.39. The standard InChI is InChI=1S/C19H26N4O3/c1-6-26-19(25)16-11-20-23(5)18(16)21-17(24)12-22(4)15-9-7-8-14(10-15)13(2)3/h7-11,13H,6,12H2,1-5H3,(H,21,24). The van der Waals surface area contributed by atoms with Gasteiger partial charge in [-0.2, -0.15) is 5.10 Å². The van der Waals surface area contributed by atoms with E-state index in [1.165, 1.54) is 16.4 Å². The molecule has 0 saturated heterocycles. The normalized spacial score (nSPS) is 10.7. The van der Waals surface area contributed by atoms with E-state index in [1.807, 2.05) is 24.1 Å². The topological polar surface area (TPSA) is 76.5 Å². The number of nitrogens with zero attached hydrogens (tertiary/aromatic N) is 3. The Bertz CT molecular complexity index is 783. The number of rotatable bonds is 7. The van der Waals surface area contributed by atoms with Gasteiger partial charge in [-0.15, -0.1) is 0 Å². The van der Waals surface area contributed by atoms with Gasteiger partial charge in [-0.05, 0) is 30.5 Å². The Labute approximate surface area is 153 Å². The van der Waals surface area contributed by atoms with E-state index in [0.29, 0.717) is 11.7 Å². The second-order valence-electron chi connectivity index (χ2n) is 6.40. The van der Waals surface area contributed by atoms with E-state index in [2.05, 4.69) is 36.4 Å². The number of nitrogens with one attached hydrogen (secondary N) is 1. The van der Waals surface area contributed by atoms with Crippen molar-refractivity contribution in [2.24, 2.45) is 7.05 Å². The number of aromatic nitrogens is 2. The quantitative estimate of drug-likeness (QED) is 0.770. The Morgan fingerprint density at radius 3 is 2.73 bits per heavy atom. The van der Waals surface area contributed by atoms with Crippen LogP contribution in [0.5, 0.6) is 0 Å². The molecule has 26 heavy (non-hydrogen) atoms. The molecule has 1 N–H and O–H groups in total.